The molecule has 0 amide bonds. The predicted molar refractivity (Wildman–Crippen MR) is 75.7 cm³/mol. The van der Waals surface area contributed by atoms with Crippen LogP contribution < -0.4 is 10.2 Å². The Balaban J connectivity index is 1.85. The number of ether oxygens (including phenoxy) is 1. The molecular weight excluding hydrogens is 262 g/mol. The lowest BCUT2D eigenvalue weighted by Gasteiger charge is -2.32. The Morgan fingerprint density at radius 2 is 1.95 bits per heavy atom. The van der Waals surface area contributed by atoms with Crippen LogP contribution in [0.5, 0.6) is 5.75 Å². The number of nitrogens with zero attached hydrogens (tertiary/aromatic N) is 2. The summed E-state index contributed by atoms with van der Waals surface area (Å²) < 4.78 is 18.6. The molecule has 0 aromatic heterocycles. The van der Waals surface area contributed by atoms with Crippen LogP contribution in [-0.4, -0.2) is 73.3 Å². The highest BCUT2D eigenvalue weighted by Gasteiger charge is 2.19. The minimum atomic E-state index is -1.73. The molecule has 1 heterocycles. The Kier molecular flexibility index (Phi) is 5.36. The highest BCUT2D eigenvalue weighted by atomic mass is 19.1. The molecular formula is C13H20BFN2O3. The number of halogens is 1. The number of rotatable bonds is 5. The van der Waals surface area contributed by atoms with Gasteiger partial charge in [-0.3, -0.25) is 4.90 Å². The molecule has 1 aromatic carbocycles. The molecule has 2 N–H and O–H groups in total. The molecule has 0 unspecified atom stereocenters. The summed E-state index contributed by atoms with van der Waals surface area (Å²) in [5.74, 6) is -0.199. The van der Waals surface area contributed by atoms with E-state index in [1.54, 1.807) is 0 Å². The molecule has 0 aliphatic carbocycles. The van der Waals surface area contributed by atoms with Crippen LogP contribution in [0, 0.1) is 5.82 Å². The normalized spacial score (nSPS) is 17.2. The van der Waals surface area contributed by atoms with Crippen molar-refractivity contribution in [2.24, 2.45) is 0 Å². The van der Waals surface area contributed by atoms with E-state index in [4.69, 9.17) is 4.74 Å². The van der Waals surface area contributed by atoms with Crippen molar-refractivity contribution >= 4 is 12.6 Å². The molecule has 1 aromatic rings. The van der Waals surface area contributed by atoms with E-state index in [0.717, 1.165) is 38.8 Å². The molecule has 0 spiro atoms. The van der Waals surface area contributed by atoms with Crippen molar-refractivity contribution in [2.45, 2.75) is 0 Å². The van der Waals surface area contributed by atoms with Crippen molar-refractivity contribution < 1.29 is 19.2 Å². The lowest BCUT2D eigenvalue weighted by Crippen LogP contribution is -2.45. The van der Waals surface area contributed by atoms with E-state index < -0.39 is 12.9 Å². The number of likely N-dealkylation sites (N-methyl/N-ethyl adjacent to an activating group) is 1. The van der Waals surface area contributed by atoms with E-state index in [-0.39, 0.29) is 5.46 Å². The fourth-order valence-corrected chi connectivity index (χ4v) is 2.21. The smallest absolute Gasteiger partial charge is 0.492 e. The molecule has 0 radical (unpaired) electrons. The van der Waals surface area contributed by atoms with E-state index in [1.165, 1.54) is 12.1 Å². The van der Waals surface area contributed by atoms with Crippen LogP contribution in [0.2, 0.25) is 0 Å². The number of benzene rings is 1. The number of hydrogen-bond acceptors (Lipinski definition) is 5. The fourth-order valence-electron chi connectivity index (χ4n) is 2.21. The van der Waals surface area contributed by atoms with Gasteiger partial charge in [0, 0.05) is 38.2 Å². The molecule has 2 rings (SSSR count). The predicted octanol–water partition coefficient (Wildman–Crippen LogP) is -0.868. The minimum Gasteiger partial charge on any atom is -0.493 e. The van der Waals surface area contributed by atoms with E-state index in [1.807, 2.05) is 0 Å². The van der Waals surface area contributed by atoms with Crippen molar-refractivity contribution in [2.75, 3.05) is 46.4 Å². The van der Waals surface area contributed by atoms with Crippen LogP contribution in [0.15, 0.2) is 18.2 Å². The van der Waals surface area contributed by atoms with Crippen LogP contribution in [-0.2, 0) is 0 Å². The standard InChI is InChI=1S/C13H20BFN2O3/c1-16-4-6-17(7-5-16)8-9-20-13-3-2-11(15)10-12(13)14(18)19/h2-3,10,18-19H,4-9H2,1H3. The van der Waals surface area contributed by atoms with Crippen molar-refractivity contribution in [3.05, 3.63) is 24.0 Å². The van der Waals surface area contributed by atoms with Gasteiger partial charge in [0.15, 0.2) is 0 Å². The quantitative estimate of drug-likeness (QED) is 0.688. The molecule has 0 atom stereocenters. The fraction of sp³-hybridized carbons (Fsp3) is 0.538. The third-order valence-corrected chi connectivity index (χ3v) is 3.51. The van der Waals surface area contributed by atoms with Crippen molar-refractivity contribution in [1.29, 1.82) is 0 Å². The zero-order valence-electron chi connectivity index (χ0n) is 11.6. The lowest BCUT2D eigenvalue weighted by atomic mass is 9.79. The molecule has 0 bridgehead atoms. The Hall–Kier alpha value is -1.15. The first-order valence-electron chi connectivity index (χ1n) is 6.75. The average molecular weight is 282 g/mol. The van der Waals surface area contributed by atoms with Crippen LogP contribution in [0.1, 0.15) is 0 Å². The number of piperazine rings is 1. The van der Waals surface area contributed by atoms with Crippen molar-refractivity contribution in [3.8, 4) is 5.75 Å². The zero-order chi connectivity index (χ0) is 14.5. The molecule has 5 nitrogen and oxygen atoms in total. The maximum atomic E-state index is 13.1. The number of hydrogen-bond donors (Lipinski definition) is 2. The summed E-state index contributed by atoms with van der Waals surface area (Å²) in [7, 11) is 0.366. The molecule has 1 saturated heterocycles. The van der Waals surface area contributed by atoms with Gasteiger partial charge in [-0.15, -0.1) is 0 Å². The van der Waals surface area contributed by atoms with Gasteiger partial charge in [0.05, 0.1) is 0 Å². The van der Waals surface area contributed by atoms with Gasteiger partial charge in [-0.1, -0.05) is 0 Å². The summed E-state index contributed by atoms with van der Waals surface area (Å²) in [5, 5.41) is 18.4. The summed E-state index contributed by atoms with van der Waals surface area (Å²) in [4.78, 5) is 4.57. The van der Waals surface area contributed by atoms with Gasteiger partial charge >= 0.3 is 7.12 Å². The van der Waals surface area contributed by atoms with Gasteiger partial charge in [0.25, 0.3) is 0 Å². The van der Waals surface area contributed by atoms with Gasteiger partial charge < -0.3 is 19.7 Å². The largest absolute Gasteiger partial charge is 0.493 e. The Bertz CT molecular complexity index is 440. The third kappa shape index (κ3) is 4.18. The van der Waals surface area contributed by atoms with E-state index in [9.17, 15) is 14.4 Å². The van der Waals surface area contributed by atoms with Crippen LogP contribution in [0.4, 0.5) is 4.39 Å². The molecule has 1 aliphatic heterocycles. The second-order valence-electron chi connectivity index (χ2n) is 5.05. The van der Waals surface area contributed by atoms with E-state index >= 15 is 0 Å². The second-order valence-corrected chi connectivity index (χ2v) is 5.05. The van der Waals surface area contributed by atoms with E-state index in [2.05, 4.69) is 16.8 Å². The second kappa shape index (κ2) is 7.03. The molecule has 0 saturated carbocycles. The lowest BCUT2D eigenvalue weighted by molar-refractivity contribution is 0.134. The van der Waals surface area contributed by atoms with Gasteiger partial charge in [-0.2, -0.15) is 0 Å². The molecule has 7 heteroatoms. The molecule has 20 heavy (non-hydrogen) atoms. The van der Waals surface area contributed by atoms with E-state index in [0.29, 0.717) is 12.4 Å². The first-order valence-corrected chi connectivity index (χ1v) is 6.75. The summed E-state index contributed by atoms with van der Waals surface area (Å²) in [6, 6.07) is 3.75. The maximum absolute atomic E-state index is 13.1. The topological polar surface area (TPSA) is 56.2 Å². The van der Waals surface area contributed by atoms with Crippen LogP contribution in [0.25, 0.3) is 0 Å². The van der Waals surface area contributed by atoms with Gasteiger partial charge in [-0.25, -0.2) is 4.39 Å². The van der Waals surface area contributed by atoms with Gasteiger partial charge in [0.1, 0.15) is 18.2 Å². The van der Waals surface area contributed by atoms with Gasteiger partial charge in [0.2, 0.25) is 0 Å². The molecule has 1 fully saturated rings. The molecule has 110 valence electrons. The first kappa shape index (κ1) is 15.2. The average Bonchev–Trinajstić information content (AvgIpc) is 2.42. The third-order valence-electron chi connectivity index (χ3n) is 3.51. The van der Waals surface area contributed by atoms with Crippen molar-refractivity contribution in [3.63, 3.8) is 0 Å². The summed E-state index contributed by atoms with van der Waals surface area (Å²) in [6.45, 7) is 5.28. The monoisotopic (exact) mass is 282 g/mol. The van der Waals surface area contributed by atoms with Crippen LogP contribution >= 0.6 is 0 Å². The van der Waals surface area contributed by atoms with Crippen LogP contribution in [0.3, 0.4) is 0 Å². The Morgan fingerprint density at radius 3 is 2.60 bits per heavy atom. The summed E-state index contributed by atoms with van der Waals surface area (Å²) in [5.41, 5.74) is 0.0587. The highest BCUT2D eigenvalue weighted by molar-refractivity contribution is 6.59. The highest BCUT2D eigenvalue weighted by Crippen LogP contribution is 2.10. The Morgan fingerprint density at radius 1 is 1.25 bits per heavy atom. The summed E-state index contributed by atoms with van der Waals surface area (Å²) >= 11 is 0. The minimum absolute atomic E-state index is 0.0587. The zero-order valence-corrected chi connectivity index (χ0v) is 11.6. The Labute approximate surface area is 118 Å². The maximum Gasteiger partial charge on any atom is 0.492 e. The van der Waals surface area contributed by atoms with Crippen molar-refractivity contribution in [1.82, 2.24) is 9.80 Å². The molecule has 1 aliphatic rings. The van der Waals surface area contributed by atoms with Gasteiger partial charge in [-0.05, 0) is 25.2 Å². The first-order chi connectivity index (χ1) is 9.56. The summed E-state index contributed by atoms with van der Waals surface area (Å²) in [6.07, 6.45) is 0. The SMILES string of the molecule is CN1CCN(CCOc2ccc(F)cc2B(O)O)CC1.